The minimum absolute atomic E-state index is 0.123. The predicted molar refractivity (Wildman–Crippen MR) is 59.1 cm³/mol. The van der Waals surface area contributed by atoms with Gasteiger partial charge < -0.3 is 5.73 Å². The topological polar surface area (TPSA) is 84.0 Å². The molecule has 0 saturated heterocycles. The summed E-state index contributed by atoms with van der Waals surface area (Å²) in [5, 5.41) is 8.99. The number of nitriles is 1. The first-order valence-electron chi connectivity index (χ1n) is 4.00. The average molecular weight is 245 g/mol. The average Bonchev–Trinajstić information content (AvgIpc) is 2.09. The molecule has 0 atom stereocenters. The zero-order valence-electron chi connectivity index (χ0n) is 7.99. The van der Waals surface area contributed by atoms with Crippen molar-refractivity contribution in [1.29, 1.82) is 5.26 Å². The van der Waals surface area contributed by atoms with Gasteiger partial charge in [-0.15, -0.1) is 0 Å². The Hall–Kier alpha value is -1.25. The molecule has 1 rings (SSSR count). The quantitative estimate of drug-likeness (QED) is 0.796. The van der Waals surface area contributed by atoms with E-state index in [1.165, 1.54) is 12.1 Å². The zero-order valence-corrected chi connectivity index (χ0v) is 9.56. The van der Waals surface area contributed by atoms with Gasteiger partial charge in [0.1, 0.15) is 6.07 Å². The van der Waals surface area contributed by atoms with Crippen molar-refractivity contribution in [2.45, 2.75) is 5.75 Å². The van der Waals surface area contributed by atoms with Crippen molar-refractivity contribution in [2.24, 2.45) is 0 Å². The van der Waals surface area contributed by atoms with E-state index in [-0.39, 0.29) is 22.0 Å². The summed E-state index contributed by atoms with van der Waals surface area (Å²) in [5.41, 5.74) is 6.29. The number of nitrogen functional groups attached to an aromatic ring is 1. The van der Waals surface area contributed by atoms with Crippen LogP contribution in [0.15, 0.2) is 12.1 Å². The van der Waals surface area contributed by atoms with Crippen LogP contribution >= 0.6 is 11.6 Å². The minimum Gasteiger partial charge on any atom is -0.397 e. The number of rotatable bonds is 2. The van der Waals surface area contributed by atoms with Crippen molar-refractivity contribution in [3.8, 4) is 6.07 Å². The first-order valence-corrected chi connectivity index (χ1v) is 6.43. The first-order chi connectivity index (χ1) is 6.85. The van der Waals surface area contributed by atoms with Gasteiger partial charge in [-0.1, -0.05) is 17.7 Å². The Labute approximate surface area is 93.2 Å². The van der Waals surface area contributed by atoms with Gasteiger partial charge in [0, 0.05) is 6.26 Å². The summed E-state index contributed by atoms with van der Waals surface area (Å²) in [6.45, 7) is 0. The van der Waals surface area contributed by atoms with Gasteiger partial charge in [0.25, 0.3) is 0 Å². The van der Waals surface area contributed by atoms with E-state index in [0.717, 1.165) is 6.26 Å². The predicted octanol–water partition coefficient (Wildman–Crippen LogP) is 1.34. The number of benzene rings is 1. The molecule has 0 bridgehead atoms. The van der Waals surface area contributed by atoms with Gasteiger partial charge in [0.05, 0.1) is 22.0 Å². The van der Waals surface area contributed by atoms with Crippen LogP contribution in [0.4, 0.5) is 5.69 Å². The van der Waals surface area contributed by atoms with Crippen LogP contribution in [-0.4, -0.2) is 14.7 Å². The molecule has 1 aromatic carbocycles. The summed E-state index contributed by atoms with van der Waals surface area (Å²) in [5.74, 6) is -0.190. The third kappa shape index (κ3) is 2.85. The molecule has 1 aromatic rings. The van der Waals surface area contributed by atoms with Crippen LogP contribution in [0, 0.1) is 11.3 Å². The summed E-state index contributed by atoms with van der Waals surface area (Å²) in [6, 6.07) is 4.82. The van der Waals surface area contributed by atoms with Crippen molar-refractivity contribution < 1.29 is 8.42 Å². The standard InChI is InChI=1S/C9H9ClN2O2S/c1-15(13,14)5-6-2-3-8(10)7(4-11)9(6)12/h2-3H,5,12H2,1H3. The van der Waals surface area contributed by atoms with Gasteiger partial charge in [0.2, 0.25) is 0 Å². The van der Waals surface area contributed by atoms with E-state index in [1.807, 2.05) is 6.07 Å². The molecule has 15 heavy (non-hydrogen) atoms. The van der Waals surface area contributed by atoms with Crippen LogP contribution in [0.2, 0.25) is 5.02 Å². The van der Waals surface area contributed by atoms with Crippen LogP contribution in [0.3, 0.4) is 0 Å². The van der Waals surface area contributed by atoms with E-state index < -0.39 is 9.84 Å². The molecule has 0 amide bonds. The smallest absolute Gasteiger partial charge is 0.151 e. The summed E-state index contributed by atoms with van der Waals surface area (Å²) in [6.07, 6.45) is 1.10. The van der Waals surface area contributed by atoms with Gasteiger partial charge in [-0.25, -0.2) is 8.42 Å². The Bertz CT molecular complexity index is 532. The third-order valence-electron chi connectivity index (χ3n) is 1.81. The molecule has 6 heteroatoms. The van der Waals surface area contributed by atoms with Gasteiger partial charge in [-0.3, -0.25) is 0 Å². The van der Waals surface area contributed by atoms with E-state index in [1.54, 1.807) is 0 Å². The maximum absolute atomic E-state index is 11.1. The monoisotopic (exact) mass is 244 g/mol. The fourth-order valence-electron chi connectivity index (χ4n) is 1.16. The number of halogens is 1. The van der Waals surface area contributed by atoms with Gasteiger partial charge in [0.15, 0.2) is 9.84 Å². The minimum atomic E-state index is -3.17. The molecule has 0 heterocycles. The van der Waals surface area contributed by atoms with Crippen molar-refractivity contribution in [3.63, 3.8) is 0 Å². The molecule has 0 saturated carbocycles. The SMILES string of the molecule is CS(=O)(=O)Cc1ccc(Cl)c(C#N)c1N. The second-order valence-electron chi connectivity index (χ2n) is 3.18. The Morgan fingerprint density at radius 2 is 2.13 bits per heavy atom. The Morgan fingerprint density at radius 1 is 1.53 bits per heavy atom. The van der Waals surface area contributed by atoms with E-state index >= 15 is 0 Å². The molecular weight excluding hydrogens is 236 g/mol. The molecule has 80 valence electrons. The molecule has 4 nitrogen and oxygen atoms in total. The molecule has 0 aliphatic carbocycles. The van der Waals surface area contributed by atoms with Crippen molar-refractivity contribution in [3.05, 3.63) is 28.3 Å². The van der Waals surface area contributed by atoms with Gasteiger partial charge >= 0.3 is 0 Å². The zero-order chi connectivity index (χ0) is 11.6. The highest BCUT2D eigenvalue weighted by molar-refractivity contribution is 7.89. The summed E-state index contributed by atoms with van der Waals surface area (Å²) in [7, 11) is -3.17. The largest absolute Gasteiger partial charge is 0.397 e. The fourth-order valence-corrected chi connectivity index (χ4v) is 2.18. The lowest BCUT2D eigenvalue weighted by atomic mass is 10.1. The lowest BCUT2D eigenvalue weighted by Gasteiger charge is -2.06. The summed E-state index contributed by atoms with van der Waals surface area (Å²) < 4.78 is 22.1. The highest BCUT2D eigenvalue weighted by Crippen LogP contribution is 2.26. The molecule has 0 aromatic heterocycles. The number of hydrogen-bond acceptors (Lipinski definition) is 4. The molecule has 0 unspecified atom stereocenters. The van der Waals surface area contributed by atoms with E-state index in [9.17, 15) is 8.42 Å². The molecule has 0 radical (unpaired) electrons. The lowest BCUT2D eigenvalue weighted by Crippen LogP contribution is -2.05. The van der Waals surface area contributed by atoms with Crippen LogP contribution in [0.1, 0.15) is 11.1 Å². The van der Waals surface area contributed by atoms with Crippen molar-refractivity contribution in [2.75, 3.05) is 12.0 Å². The highest BCUT2D eigenvalue weighted by atomic mass is 35.5. The third-order valence-corrected chi connectivity index (χ3v) is 2.96. The highest BCUT2D eigenvalue weighted by Gasteiger charge is 2.13. The molecule has 0 spiro atoms. The van der Waals surface area contributed by atoms with E-state index in [2.05, 4.69) is 0 Å². The lowest BCUT2D eigenvalue weighted by molar-refractivity contribution is 0.601. The van der Waals surface area contributed by atoms with Crippen LogP contribution in [0.25, 0.3) is 0 Å². The number of sulfone groups is 1. The van der Waals surface area contributed by atoms with Crippen LogP contribution in [0.5, 0.6) is 0 Å². The Kier molecular flexibility index (Phi) is 3.22. The second kappa shape index (κ2) is 4.09. The molecule has 0 aliphatic rings. The van der Waals surface area contributed by atoms with Crippen LogP contribution in [-0.2, 0) is 15.6 Å². The van der Waals surface area contributed by atoms with Gasteiger partial charge in [-0.05, 0) is 11.6 Å². The first kappa shape index (κ1) is 11.8. The second-order valence-corrected chi connectivity index (χ2v) is 5.72. The fraction of sp³-hybridized carbons (Fsp3) is 0.222. The van der Waals surface area contributed by atoms with Crippen LogP contribution < -0.4 is 5.73 Å². The molecule has 0 fully saturated rings. The normalized spacial score (nSPS) is 11.0. The van der Waals surface area contributed by atoms with Gasteiger partial charge in [-0.2, -0.15) is 5.26 Å². The number of hydrogen-bond donors (Lipinski definition) is 1. The number of anilines is 1. The molecular formula is C9H9ClN2O2S. The molecule has 0 aliphatic heterocycles. The maximum Gasteiger partial charge on any atom is 0.151 e. The number of nitrogens with two attached hydrogens (primary N) is 1. The van der Waals surface area contributed by atoms with E-state index in [4.69, 9.17) is 22.6 Å². The Morgan fingerprint density at radius 3 is 2.60 bits per heavy atom. The molecule has 2 N–H and O–H groups in total. The maximum atomic E-state index is 11.1. The van der Waals surface area contributed by atoms with Crippen molar-refractivity contribution >= 4 is 27.1 Å². The summed E-state index contributed by atoms with van der Waals surface area (Å²) in [4.78, 5) is 0. The van der Waals surface area contributed by atoms with Crippen molar-refractivity contribution in [1.82, 2.24) is 0 Å². The summed E-state index contributed by atoms with van der Waals surface area (Å²) >= 11 is 5.72. The Balaban J connectivity index is 3.30. The number of nitrogens with zero attached hydrogens (tertiary/aromatic N) is 1. The van der Waals surface area contributed by atoms with E-state index in [0.29, 0.717) is 5.56 Å².